The Morgan fingerprint density at radius 1 is 1.00 bits per heavy atom. The van der Waals surface area contributed by atoms with Gasteiger partial charge in [-0.15, -0.1) is 0 Å². The maximum Gasteiger partial charge on any atom is 0.0211 e. The summed E-state index contributed by atoms with van der Waals surface area (Å²) in [6, 6.07) is 15.8. The molecule has 1 N–H and O–H groups in total. The predicted octanol–water partition coefficient (Wildman–Crippen LogP) is 5.29. The highest BCUT2D eigenvalue weighted by Crippen LogP contribution is 2.27. The van der Waals surface area contributed by atoms with E-state index in [-0.39, 0.29) is 0 Å². The van der Waals surface area contributed by atoms with E-state index in [0.717, 1.165) is 13.1 Å². The predicted molar refractivity (Wildman–Crippen MR) is 92.7 cm³/mol. The van der Waals surface area contributed by atoms with Crippen LogP contribution in [0.4, 0.5) is 0 Å². The van der Waals surface area contributed by atoms with Crippen LogP contribution in [0.3, 0.4) is 0 Å². The highest BCUT2D eigenvalue weighted by Gasteiger charge is 2.07. The van der Waals surface area contributed by atoms with Crippen molar-refractivity contribution in [1.29, 1.82) is 0 Å². The van der Waals surface area contributed by atoms with E-state index in [1.807, 2.05) is 0 Å². The number of aryl methyl sites for hydroxylation is 1. The SMILES string of the molecule is CCNCc1ccc(C)cc1-c1ccc(C(C)CC)cc1. The lowest BCUT2D eigenvalue weighted by molar-refractivity contribution is 0.727. The zero-order valence-electron chi connectivity index (χ0n) is 13.7. The van der Waals surface area contributed by atoms with Crippen LogP contribution in [0.15, 0.2) is 42.5 Å². The minimum absolute atomic E-state index is 0.637. The molecule has 0 bridgehead atoms. The van der Waals surface area contributed by atoms with E-state index in [1.54, 1.807) is 0 Å². The Bertz CT molecular complexity index is 569. The highest BCUT2D eigenvalue weighted by atomic mass is 14.8. The van der Waals surface area contributed by atoms with Gasteiger partial charge in [0, 0.05) is 6.54 Å². The van der Waals surface area contributed by atoms with Crippen molar-refractivity contribution in [1.82, 2.24) is 5.32 Å². The van der Waals surface area contributed by atoms with Gasteiger partial charge in [0.05, 0.1) is 0 Å². The molecule has 0 saturated carbocycles. The topological polar surface area (TPSA) is 12.0 Å². The van der Waals surface area contributed by atoms with E-state index in [4.69, 9.17) is 0 Å². The number of hydrogen-bond donors (Lipinski definition) is 1. The average molecular weight is 281 g/mol. The average Bonchev–Trinajstić information content (AvgIpc) is 2.53. The zero-order chi connectivity index (χ0) is 15.2. The van der Waals surface area contributed by atoms with E-state index in [0.29, 0.717) is 5.92 Å². The summed E-state index contributed by atoms with van der Waals surface area (Å²) in [6.45, 7) is 10.8. The molecule has 2 aromatic carbocycles. The Morgan fingerprint density at radius 2 is 1.71 bits per heavy atom. The third-order valence-electron chi connectivity index (χ3n) is 4.23. The molecule has 1 atom stereocenters. The van der Waals surface area contributed by atoms with Crippen molar-refractivity contribution in [2.45, 2.75) is 46.6 Å². The Labute approximate surface area is 129 Å². The lowest BCUT2D eigenvalue weighted by Gasteiger charge is -2.14. The molecule has 0 radical (unpaired) electrons. The third-order valence-corrected chi connectivity index (χ3v) is 4.23. The van der Waals surface area contributed by atoms with E-state index in [9.17, 15) is 0 Å². The van der Waals surface area contributed by atoms with E-state index < -0.39 is 0 Å². The quantitative estimate of drug-likeness (QED) is 0.759. The molecule has 0 amide bonds. The first-order valence-corrected chi connectivity index (χ1v) is 8.06. The van der Waals surface area contributed by atoms with Crippen molar-refractivity contribution in [3.63, 3.8) is 0 Å². The first-order valence-electron chi connectivity index (χ1n) is 8.06. The normalized spacial score (nSPS) is 12.4. The van der Waals surface area contributed by atoms with Crippen LogP contribution in [0, 0.1) is 6.92 Å². The molecule has 0 aliphatic heterocycles. The van der Waals surface area contributed by atoms with Gasteiger partial charge in [0.15, 0.2) is 0 Å². The maximum absolute atomic E-state index is 3.43. The van der Waals surface area contributed by atoms with Crippen LogP contribution in [0.2, 0.25) is 0 Å². The van der Waals surface area contributed by atoms with Crippen LogP contribution in [-0.4, -0.2) is 6.54 Å². The van der Waals surface area contributed by atoms with Gasteiger partial charge < -0.3 is 5.32 Å². The van der Waals surface area contributed by atoms with Crippen molar-refractivity contribution in [2.75, 3.05) is 6.54 Å². The molecule has 21 heavy (non-hydrogen) atoms. The van der Waals surface area contributed by atoms with Crippen LogP contribution >= 0.6 is 0 Å². The fourth-order valence-corrected chi connectivity index (χ4v) is 2.60. The molecular formula is C20H27N. The van der Waals surface area contributed by atoms with Gasteiger partial charge >= 0.3 is 0 Å². The fraction of sp³-hybridized carbons (Fsp3) is 0.400. The summed E-state index contributed by atoms with van der Waals surface area (Å²) in [5.74, 6) is 0.637. The van der Waals surface area contributed by atoms with Gasteiger partial charge in [0.2, 0.25) is 0 Å². The Morgan fingerprint density at radius 3 is 2.33 bits per heavy atom. The van der Waals surface area contributed by atoms with Crippen LogP contribution in [-0.2, 0) is 6.54 Å². The van der Waals surface area contributed by atoms with Gasteiger partial charge in [0.1, 0.15) is 0 Å². The van der Waals surface area contributed by atoms with Crippen molar-refractivity contribution in [2.24, 2.45) is 0 Å². The Kier molecular flexibility index (Phi) is 5.58. The van der Waals surface area contributed by atoms with Gasteiger partial charge in [-0.25, -0.2) is 0 Å². The monoisotopic (exact) mass is 281 g/mol. The van der Waals surface area contributed by atoms with E-state index >= 15 is 0 Å². The summed E-state index contributed by atoms with van der Waals surface area (Å²) >= 11 is 0. The molecule has 2 aromatic rings. The Hall–Kier alpha value is -1.60. The molecule has 0 aliphatic rings. The minimum atomic E-state index is 0.637. The minimum Gasteiger partial charge on any atom is -0.313 e. The summed E-state index contributed by atoms with van der Waals surface area (Å²) in [5, 5.41) is 3.43. The van der Waals surface area contributed by atoms with E-state index in [1.165, 1.54) is 34.2 Å². The number of benzene rings is 2. The molecule has 0 spiro atoms. The highest BCUT2D eigenvalue weighted by molar-refractivity contribution is 5.68. The molecule has 2 rings (SSSR count). The molecular weight excluding hydrogens is 254 g/mol. The smallest absolute Gasteiger partial charge is 0.0211 e. The summed E-state index contributed by atoms with van der Waals surface area (Å²) < 4.78 is 0. The second kappa shape index (κ2) is 7.42. The van der Waals surface area contributed by atoms with Gasteiger partial charge in [0.25, 0.3) is 0 Å². The standard InChI is InChI=1S/C20H27N/c1-5-16(4)17-9-11-18(12-10-17)20-13-15(3)7-8-19(20)14-21-6-2/h7-13,16,21H,5-6,14H2,1-4H3. The van der Waals surface area contributed by atoms with Gasteiger partial charge in [-0.3, -0.25) is 0 Å². The molecule has 1 heteroatoms. The summed E-state index contributed by atoms with van der Waals surface area (Å²) in [6.07, 6.45) is 1.19. The molecule has 0 saturated heterocycles. The molecule has 112 valence electrons. The maximum atomic E-state index is 3.43. The molecule has 1 unspecified atom stereocenters. The summed E-state index contributed by atoms with van der Waals surface area (Å²) in [7, 11) is 0. The molecule has 1 nitrogen and oxygen atoms in total. The molecule has 0 heterocycles. The van der Waals surface area contributed by atoms with Crippen LogP contribution in [0.5, 0.6) is 0 Å². The number of rotatable bonds is 6. The van der Waals surface area contributed by atoms with E-state index in [2.05, 4.69) is 75.5 Å². The molecule has 0 aromatic heterocycles. The molecule has 0 aliphatic carbocycles. The van der Waals surface area contributed by atoms with Crippen molar-refractivity contribution < 1.29 is 0 Å². The van der Waals surface area contributed by atoms with Gasteiger partial charge in [-0.2, -0.15) is 0 Å². The first-order chi connectivity index (χ1) is 10.2. The number of nitrogens with one attached hydrogen (secondary N) is 1. The van der Waals surface area contributed by atoms with Crippen molar-refractivity contribution >= 4 is 0 Å². The van der Waals surface area contributed by atoms with Crippen molar-refractivity contribution in [3.8, 4) is 11.1 Å². The lowest BCUT2D eigenvalue weighted by atomic mass is 9.93. The second-order valence-electron chi connectivity index (χ2n) is 5.87. The van der Waals surface area contributed by atoms with Gasteiger partial charge in [-0.1, -0.05) is 68.8 Å². The largest absolute Gasteiger partial charge is 0.313 e. The van der Waals surface area contributed by atoms with Crippen LogP contribution in [0.25, 0.3) is 11.1 Å². The third kappa shape index (κ3) is 3.95. The number of hydrogen-bond acceptors (Lipinski definition) is 1. The lowest BCUT2D eigenvalue weighted by Crippen LogP contribution is -2.12. The van der Waals surface area contributed by atoms with Crippen LogP contribution in [0.1, 0.15) is 49.8 Å². The first kappa shape index (κ1) is 15.8. The fourth-order valence-electron chi connectivity index (χ4n) is 2.60. The second-order valence-corrected chi connectivity index (χ2v) is 5.87. The summed E-state index contributed by atoms with van der Waals surface area (Å²) in [4.78, 5) is 0. The van der Waals surface area contributed by atoms with Crippen LogP contribution < -0.4 is 5.32 Å². The zero-order valence-corrected chi connectivity index (χ0v) is 13.7. The van der Waals surface area contributed by atoms with Crippen molar-refractivity contribution in [3.05, 3.63) is 59.2 Å². The van der Waals surface area contributed by atoms with Gasteiger partial charge in [-0.05, 0) is 48.1 Å². The Balaban J connectivity index is 2.33. The molecule has 0 fully saturated rings. The summed E-state index contributed by atoms with van der Waals surface area (Å²) in [5.41, 5.74) is 6.79.